The molecule has 2 rings (SSSR count). The van der Waals surface area contributed by atoms with Crippen molar-refractivity contribution in [3.8, 4) is 11.5 Å². The number of ether oxygens (including phenoxy) is 2. The molecule has 0 atom stereocenters. The molecule has 0 bridgehead atoms. The number of sulfonamides is 1. The summed E-state index contributed by atoms with van der Waals surface area (Å²) in [4.78, 5) is 5.31. The van der Waals surface area contributed by atoms with Crippen LogP contribution in [0.25, 0.3) is 0 Å². The number of thiazole rings is 1. The summed E-state index contributed by atoms with van der Waals surface area (Å²) >= 11 is 1.52. The highest BCUT2D eigenvalue weighted by Gasteiger charge is 2.19. The van der Waals surface area contributed by atoms with E-state index in [2.05, 4.69) is 9.71 Å². The van der Waals surface area contributed by atoms with Gasteiger partial charge in [0, 0.05) is 17.5 Å². The van der Waals surface area contributed by atoms with E-state index in [9.17, 15) is 8.42 Å². The van der Waals surface area contributed by atoms with E-state index < -0.39 is 10.0 Å². The second kappa shape index (κ2) is 7.08. The van der Waals surface area contributed by atoms with E-state index in [1.54, 1.807) is 17.6 Å². The molecule has 2 aromatic rings. The van der Waals surface area contributed by atoms with Gasteiger partial charge in [0.2, 0.25) is 10.0 Å². The Bertz CT molecular complexity index is 741. The molecule has 6 nitrogen and oxygen atoms in total. The number of benzene rings is 1. The molecule has 22 heavy (non-hydrogen) atoms. The Labute approximate surface area is 134 Å². The number of rotatable bonds is 7. The molecule has 0 aliphatic carbocycles. The molecule has 0 fully saturated rings. The third-order valence-corrected chi connectivity index (χ3v) is 5.64. The van der Waals surface area contributed by atoms with E-state index in [4.69, 9.17) is 9.47 Å². The molecule has 0 amide bonds. The van der Waals surface area contributed by atoms with Gasteiger partial charge in [0.1, 0.15) is 16.4 Å². The Hall–Kier alpha value is -1.64. The lowest BCUT2D eigenvalue weighted by Crippen LogP contribution is -2.26. The fraction of sp³-hybridized carbons (Fsp3) is 0.357. The zero-order chi connectivity index (χ0) is 16.2. The number of aromatic nitrogens is 1. The van der Waals surface area contributed by atoms with Crippen molar-refractivity contribution >= 4 is 21.4 Å². The van der Waals surface area contributed by atoms with Gasteiger partial charge < -0.3 is 9.47 Å². The van der Waals surface area contributed by atoms with Crippen molar-refractivity contribution in [1.82, 2.24) is 9.71 Å². The third kappa shape index (κ3) is 3.76. The first kappa shape index (κ1) is 16.7. The van der Waals surface area contributed by atoms with E-state index in [1.807, 2.05) is 6.92 Å². The zero-order valence-corrected chi connectivity index (χ0v) is 14.3. The van der Waals surface area contributed by atoms with Gasteiger partial charge in [-0.3, -0.25) is 0 Å². The van der Waals surface area contributed by atoms with Crippen molar-refractivity contribution in [3.05, 3.63) is 34.3 Å². The van der Waals surface area contributed by atoms with Crippen LogP contribution in [-0.2, 0) is 16.4 Å². The number of hydrogen-bond acceptors (Lipinski definition) is 6. The maximum absolute atomic E-state index is 12.4. The van der Waals surface area contributed by atoms with Gasteiger partial charge in [-0.25, -0.2) is 18.1 Å². The minimum atomic E-state index is -3.64. The second-order valence-corrected chi connectivity index (χ2v) is 7.20. The summed E-state index contributed by atoms with van der Waals surface area (Å²) in [6, 6.07) is 4.60. The number of methoxy groups -OCH3 is 2. The Kier molecular flexibility index (Phi) is 5.38. The van der Waals surface area contributed by atoms with Gasteiger partial charge in [0.25, 0.3) is 0 Å². The van der Waals surface area contributed by atoms with Gasteiger partial charge >= 0.3 is 0 Å². The number of nitrogens with one attached hydrogen (secondary N) is 1. The largest absolute Gasteiger partial charge is 0.497 e. The Balaban J connectivity index is 2.11. The lowest BCUT2D eigenvalue weighted by Gasteiger charge is -2.11. The van der Waals surface area contributed by atoms with E-state index in [-0.39, 0.29) is 10.6 Å². The minimum absolute atomic E-state index is 0.0943. The Morgan fingerprint density at radius 3 is 2.64 bits per heavy atom. The van der Waals surface area contributed by atoms with Crippen LogP contribution in [0.2, 0.25) is 0 Å². The number of nitrogens with zero attached hydrogens (tertiary/aromatic N) is 1. The first-order valence-corrected chi connectivity index (χ1v) is 8.95. The maximum Gasteiger partial charge on any atom is 0.244 e. The predicted octanol–water partition coefficient (Wildman–Crippen LogP) is 1.99. The smallest absolute Gasteiger partial charge is 0.244 e. The molecule has 0 radical (unpaired) electrons. The van der Waals surface area contributed by atoms with Crippen molar-refractivity contribution in [2.45, 2.75) is 18.2 Å². The highest BCUT2D eigenvalue weighted by Crippen LogP contribution is 2.28. The fourth-order valence-electron chi connectivity index (χ4n) is 1.94. The third-order valence-electron chi connectivity index (χ3n) is 3.15. The first-order valence-electron chi connectivity index (χ1n) is 6.58. The minimum Gasteiger partial charge on any atom is -0.497 e. The van der Waals surface area contributed by atoms with Gasteiger partial charge in [-0.15, -0.1) is 11.3 Å². The molecule has 0 aliphatic rings. The van der Waals surface area contributed by atoms with E-state index in [0.29, 0.717) is 18.7 Å². The van der Waals surface area contributed by atoms with Crippen LogP contribution in [0.4, 0.5) is 0 Å². The average molecular weight is 342 g/mol. The van der Waals surface area contributed by atoms with Crippen LogP contribution >= 0.6 is 11.3 Å². The summed E-state index contributed by atoms with van der Waals surface area (Å²) in [6.07, 6.45) is 0.605. The van der Waals surface area contributed by atoms with E-state index in [0.717, 1.165) is 10.6 Å². The molecule has 8 heteroatoms. The molecule has 1 heterocycles. The monoisotopic (exact) mass is 342 g/mol. The van der Waals surface area contributed by atoms with Gasteiger partial charge in [0.15, 0.2) is 0 Å². The zero-order valence-electron chi connectivity index (χ0n) is 12.6. The summed E-state index contributed by atoms with van der Waals surface area (Å²) in [5.74, 6) is 0.789. The Morgan fingerprint density at radius 1 is 1.27 bits per heavy atom. The summed E-state index contributed by atoms with van der Waals surface area (Å²) < 4.78 is 37.6. The van der Waals surface area contributed by atoms with Gasteiger partial charge in [-0.2, -0.15) is 0 Å². The van der Waals surface area contributed by atoms with Crippen LogP contribution in [0.15, 0.2) is 28.6 Å². The topological polar surface area (TPSA) is 77.5 Å². The summed E-state index contributed by atoms with van der Waals surface area (Å²) in [5, 5.41) is 0. The molecule has 0 unspecified atom stereocenters. The van der Waals surface area contributed by atoms with Gasteiger partial charge in [0.05, 0.1) is 25.4 Å². The second-order valence-electron chi connectivity index (χ2n) is 4.53. The molecule has 0 aliphatic heterocycles. The SMILES string of the molecule is COc1ccc(S(=O)(=O)NCCc2scnc2C)c(OC)c1. The van der Waals surface area contributed by atoms with Crippen LogP contribution in [0, 0.1) is 6.92 Å². The number of aryl methyl sites for hydroxylation is 1. The van der Waals surface area contributed by atoms with Crippen molar-refractivity contribution in [2.75, 3.05) is 20.8 Å². The van der Waals surface area contributed by atoms with E-state index >= 15 is 0 Å². The van der Waals surface area contributed by atoms with Crippen LogP contribution < -0.4 is 14.2 Å². The molecule has 0 saturated heterocycles. The molecular weight excluding hydrogens is 324 g/mol. The Morgan fingerprint density at radius 2 is 2.05 bits per heavy atom. The highest BCUT2D eigenvalue weighted by molar-refractivity contribution is 7.89. The number of hydrogen-bond donors (Lipinski definition) is 1. The average Bonchev–Trinajstić information content (AvgIpc) is 2.91. The van der Waals surface area contributed by atoms with Crippen LogP contribution in [0.3, 0.4) is 0 Å². The fourth-order valence-corrected chi connectivity index (χ4v) is 3.90. The van der Waals surface area contributed by atoms with Crippen molar-refractivity contribution in [3.63, 3.8) is 0 Å². The molecular formula is C14H18N2O4S2. The summed E-state index contributed by atoms with van der Waals surface area (Å²) in [7, 11) is -0.703. The standard InChI is InChI=1S/C14H18N2O4S2/c1-10-13(21-9-15-10)6-7-16-22(17,18)14-5-4-11(19-2)8-12(14)20-3/h4-5,8-9,16H,6-7H2,1-3H3. The van der Waals surface area contributed by atoms with Crippen LogP contribution in [0.5, 0.6) is 11.5 Å². The summed E-state index contributed by atoms with van der Waals surface area (Å²) in [5.41, 5.74) is 2.69. The van der Waals surface area contributed by atoms with Crippen molar-refractivity contribution in [1.29, 1.82) is 0 Å². The van der Waals surface area contributed by atoms with Gasteiger partial charge in [-0.1, -0.05) is 0 Å². The molecule has 1 aromatic carbocycles. The molecule has 120 valence electrons. The molecule has 1 N–H and O–H groups in total. The lowest BCUT2D eigenvalue weighted by molar-refractivity contribution is 0.386. The van der Waals surface area contributed by atoms with Crippen LogP contribution in [0.1, 0.15) is 10.6 Å². The highest BCUT2D eigenvalue weighted by atomic mass is 32.2. The quantitative estimate of drug-likeness (QED) is 0.832. The van der Waals surface area contributed by atoms with Crippen LogP contribution in [-0.4, -0.2) is 34.2 Å². The molecule has 0 spiro atoms. The summed E-state index contributed by atoms with van der Waals surface area (Å²) in [6.45, 7) is 2.22. The maximum atomic E-state index is 12.4. The first-order chi connectivity index (χ1) is 10.5. The predicted molar refractivity (Wildman–Crippen MR) is 85.3 cm³/mol. The van der Waals surface area contributed by atoms with Crippen molar-refractivity contribution in [2.24, 2.45) is 0 Å². The normalized spacial score (nSPS) is 11.4. The molecule has 1 aromatic heterocycles. The molecule has 0 saturated carbocycles. The van der Waals surface area contributed by atoms with Gasteiger partial charge in [-0.05, 0) is 25.5 Å². The lowest BCUT2D eigenvalue weighted by atomic mass is 10.3. The van der Waals surface area contributed by atoms with E-state index in [1.165, 1.54) is 31.6 Å². The van der Waals surface area contributed by atoms with Crippen molar-refractivity contribution < 1.29 is 17.9 Å².